The van der Waals surface area contributed by atoms with Crippen molar-refractivity contribution < 1.29 is 9.53 Å². The lowest BCUT2D eigenvalue weighted by molar-refractivity contribution is -0.138. The predicted molar refractivity (Wildman–Crippen MR) is 48.8 cm³/mol. The first-order chi connectivity index (χ1) is 5.72. The van der Waals surface area contributed by atoms with Crippen molar-refractivity contribution in [3.63, 3.8) is 0 Å². The van der Waals surface area contributed by atoms with Crippen molar-refractivity contribution in [3.05, 3.63) is 17.4 Å². The van der Waals surface area contributed by atoms with Gasteiger partial charge in [-0.05, 0) is 26.3 Å². The standard InChI is InChI=1S/C10H16O2/c1-4-6-7-8-9(3)10(11)12-5-2/h7H,4-6H2,1-3H3. The highest BCUT2D eigenvalue weighted by molar-refractivity contribution is 5.87. The van der Waals surface area contributed by atoms with Crippen molar-refractivity contribution in [1.82, 2.24) is 0 Å². The van der Waals surface area contributed by atoms with E-state index in [0.29, 0.717) is 12.2 Å². The van der Waals surface area contributed by atoms with Crippen LogP contribution in [-0.4, -0.2) is 12.6 Å². The summed E-state index contributed by atoms with van der Waals surface area (Å²) < 4.78 is 4.78. The molecule has 0 radical (unpaired) electrons. The van der Waals surface area contributed by atoms with E-state index >= 15 is 0 Å². The van der Waals surface area contributed by atoms with Crippen LogP contribution in [0, 0.1) is 0 Å². The van der Waals surface area contributed by atoms with Crippen LogP contribution in [0.1, 0.15) is 33.6 Å². The second kappa shape index (κ2) is 6.68. The molecule has 0 heterocycles. The summed E-state index contributed by atoms with van der Waals surface area (Å²) in [6, 6.07) is 0. The van der Waals surface area contributed by atoms with Gasteiger partial charge in [-0.2, -0.15) is 0 Å². The van der Waals surface area contributed by atoms with Gasteiger partial charge < -0.3 is 4.74 Å². The van der Waals surface area contributed by atoms with Crippen LogP contribution >= 0.6 is 0 Å². The topological polar surface area (TPSA) is 26.3 Å². The number of ether oxygens (including phenoxy) is 1. The highest BCUT2D eigenvalue weighted by Gasteiger charge is 2.01. The summed E-state index contributed by atoms with van der Waals surface area (Å²) in [4.78, 5) is 11.0. The van der Waals surface area contributed by atoms with E-state index in [1.54, 1.807) is 13.8 Å². The third-order valence-electron chi connectivity index (χ3n) is 1.33. The van der Waals surface area contributed by atoms with E-state index in [2.05, 4.69) is 12.7 Å². The van der Waals surface area contributed by atoms with E-state index < -0.39 is 0 Å². The minimum Gasteiger partial charge on any atom is -0.462 e. The molecule has 0 rings (SSSR count). The maximum absolute atomic E-state index is 11.0. The van der Waals surface area contributed by atoms with E-state index in [4.69, 9.17) is 4.74 Å². The molecular formula is C10H16O2. The third kappa shape index (κ3) is 4.75. The quantitative estimate of drug-likeness (QED) is 0.366. The minimum atomic E-state index is -0.273. The molecule has 0 aromatic carbocycles. The molecule has 0 aromatic rings. The third-order valence-corrected chi connectivity index (χ3v) is 1.33. The normalized spacial score (nSPS) is 8.58. The Balaban J connectivity index is 4.07. The summed E-state index contributed by atoms with van der Waals surface area (Å²) in [6.07, 6.45) is 3.89. The second-order valence-corrected chi connectivity index (χ2v) is 2.48. The zero-order chi connectivity index (χ0) is 9.40. The van der Waals surface area contributed by atoms with Crippen LogP contribution in [0.5, 0.6) is 0 Å². The SMILES string of the molecule is CCCC=C=C(C)C(=O)OCC. The van der Waals surface area contributed by atoms with Crippen molar-refractivity contribution in [1.29, 1.82) is 0 Å². The summed E-state index contributed by atoms with van der Waals surface area (Å²) in [5, 5.41) is 0. The highest BCUT2D eigenvalue weighted by Crippen LogP contribution is 1.95. The zero-order valence-corrected chi connectivity index (χ0v) is 8.02. The summed E-state index contributed by atoms with van der Waals surface area (Å²) >= 11 is 0. The van der Waals surface area contributed by atoms with Gasteiger partial charge in [-0.1, -0.05) is 13.3 Å². The molecule has 0 aliphatic rings. The van der Waals surface area contributed by atoms with Gasteiger partial charge in [0.2, 0.25) is 0 Å². The van der Waals surface area contributed by atoms with Gasteiger partial charge in [-0.15, -0.1) is 5.73 Å². The molecular weight excluding hydrogens is 152 g/mol. The largest absolute Gasteiger partial charge is 0.462 e. The molecule has 0 saturated carbocycles. The van der Waals surface area contributed by atoms with Crippen molar-refractivity contribution in [2.45, 2.75) is 33.6 Å². The molecule has 0 N–H and O–H groups in total. The second-order valence-electron chi connectivity index (χ2n) is 2.48. The molecule has 0 aromatic heterocycles. The summed E-state index contributed by atoms with van der Waals surface area (Å²) in [6.45, 7) is 6.01. The molecule has 0 atom stereocenters. The van der Waals surface area contributed by atoms with Gasteiger partial charge in [0, 0.05) is 0 Å². The van der Waals surface area contributed by atoms with Gasteiger partial charge in [0.15, 0.2) is 0 Å². The number of hydrogen-bond acceptors (Lipinski definition) is 2. The first-order valence-electron chi connectivity index (χ1n) is 4.31. The molecule has 0 aliphatic heterocycles. The van der Waals surface area contributed by atoms with Gasteiger partial charge in [-0.25, -0.2) is 4.79 Å². The monoisotopic (exact) mass is 168 g/mol. The van der Waals surface area contributed by atoms with Gasteiger partial charge in [0.05, 0.1) is 12.2 Å². The van der Waals surface area contributed by atoms with Crippen molar-refractivity contribution in [2.24, 2.45) is 0 Å². The lowest BCUT2D eigenvalue weighted by atomic mass is 10.3. The van der Waals surface area contributed by atoms with E-state index in [9.17, 15) is 4.79 Å². The van der Waals surface area contributed by atoms with Crippen LogP contribution in [0.4, 0.5) is 0 Å². The molecule has 0 aliphatic carbocycles. The van der Waals surface area contributed by atoms with Crippen molar-refractivity contribution in [3.8, 4) is 0 Å². The van der Waals surface area contributed by atoms with Gasteiger partial charge in [0.1, 0.15) is 0 Å². The lowest BCUT2D eigenvalue weighted by Crippen LogP contribution is -2.03. The number of rotatable bonds is 4. The van der Waals surface area contributed by atoms with Crippen LogP contribution in [0.2, 0.25) is 0 Å². The molecule has 0 amide bonds. The van der Waals surface area contributed by atoms with Crippen LogP contribution in [0.25, 0.3) is 0 Å². The fourth-order valence-electron chi connectivity index (χ4n) is 0.668. The molecule has 0 bridgehead atoms. The smallest absolute Gasteiger partial charge is 0.341 e. The van der Waals surface area contributed by atoms with E-state index in [1.165, 1.54) is 0 Å². The van der Waals surface area contributed by atoms with Crippen LogP contribution in [0.3, 0.4) is 0 Å². The Morgan fingerprint density at radius 3 is 2.67 bits per heavy atom. The molecule has 68 valence electrons. The van der Waals surface area contributed by atoms with E-state index in [1.807, 2.05) is 6.08 Å². The minimum absolute atomic E-state index is 0.273. The van der Waals surface area contributed by atoms with E-state index in [0.717, 1.165) is 12.8 Å². The Labute approximate surface area is 73.9 Å². The first kappa shape index (κ1) is 11.0. The number of carbonyl (C=O) groups excluding carboxylic acids is 1. The van der Waals surface area contributed by atoms with Crippen LogP contribution < -0.4 is 0 Å². The Bertz CT molecular complexity index is 198. The molecule has 2 heteroatoms. The van der Waals surface area contributed by atoms with Crippen LogP contribution in [-0.2, 0) is 9.53 Å². The number of hydrogen-bond donors (Lipinski definition) is 0. The fourth-order valence-corrected chi connectivity index (χ4v) is 0.668. The average molecular weight is 168 g/mol. The Hall–Kier alpha value is -1.01. The lowest BCUT2D eigenvalue weighted by Gasteiger charge is -1.97. The number of esters is 1. The summed E-state index contributed by atoms with van der Waals surface area (Å²) in [5.74, 6) is -0.273. The number of unbranched alkanes of at least 4 members (excludes halogenated alkanes) is 1. The molecule has 0 saturated heterocycles. The maximum Gasteiger partial charge on any atom is 0.341 e. The number of carbonyl (C=O) groups is 1. The van der Waals surface area contributed by atoms with Gasteiger partial charge in [0.25, 0.3) is 0 Å². The molecule has 12 heavy (non-hydrogen) atoms. The van der Waals surface area contributed by atoms with E-state index in [-0.39, 0.29) is 5.97 Å². The highest BCUT2D eigenvalue weighted by atomic mass is 16.5. The molecule has 0 unspecified atom stereocenters. The molecule has 2 nitrogen and oxygen atoms in total. The fraction of sp³-hybridized carbons (Fsp3) is 0.600. The predicted octanol–water partition coefficient (Wildman–Crippen LogP) is 2.45. The van der Waals surface area contributed by atoms with Gasteiger partial charge >= 0.3 is 5.97 Å². The van der Waals surface area contributed by atoms with Crippen molar-refractivity contribution >= 4 is 5.97 Å². The van der Waals surface area contributed by atoms with Crippen molar-refractivity contribution in [2.75, 3.05) is 6.61 Å². The zero-order valence-electron chi connectivity index (χ0n) is 8.02. The first-order valence-corrected chi connectivity index (χ1v) is 4.31. The van der Waals surface area contributed by atoms with Crippen LogP contribution in [0.15, 0.2) is 17.4 Å². The van der Waals surface area contributed by atoms with Gasteiger partial charge in [-0.3, -0.25) is 0 Å². The molecule has 0 fully saturated rings. The summed E-state index contributed by atoms with van der Waals surface area (Å²) in [5.41, 5.74) is 3.43. The maximum atomic E-state index is 11.0. The Morgan fingerprint density at radius 2 is 2.17 bits per heavy atom. The Kier molecular flexibility index (Phi) is 6.12. The summed E-state index contributed by atoms with van der Waals surface area (Å²) in [7, 11) is 0. The Morgan fingerprint density at radius 1 is 1.50 bits per heavy atom. The average Bonchev–Trinajstić information content (AvgIpc) is 2.05. The molecule has 0 spiro atoms.